The molecule has 0 aliphatic carbocycles. The molecule has 0 radical (unpaired) electrons. The number of rotatable bonds is 1. The van der Waals surface area contributed by atoms with Gasteiger partial charge in [0.1, 0.15) is 0 Å². The third-order valence-electron chi connectivity index (χ3n) is 3.12. The smallest absolute Gasteiger partial charge is 0.0576 e. The molecular weight excluding hydrogens is 208 g/mol. The van der Waals surface area contributed by atoms with Gasteiger partial charge in [-0.1, -0.05) is 39.0 Å². The lowest BCUT2D eigenvalue weighted by atomic mass is 9.83. The number of aliphatic imine (C=N–C) groups is 1. The second-order valence-electron chi connectivity index (χ2n) is 5.57. The van der Waals surface area contributed by atoms with Crippen LogP contribution in [0.15, 0.2) is 35.3 Å². The Morgan fingerprint density at radius 2 is 1.76 bits per heavy atom. The van der Waals surface area contributed by atoms with Crippen LogP contribution in [-0.4, -0.2) is 12.3 Å². The summed E-state index contributed by atoms with van der Waals surface area (Å²) in [4.78, 5) is 4.61. The normalized spacial score (nSPS) is 16.4. The summed E-state index contributed by atoms with van der Waals surface area (Å²) in [5, 5.41) is 0. The molecule has 0 fully saturated rings. The molecule has 2 rings (SSSR count). The van der Waals surface area contributed by atoms with Crippen molar-refractivity contribution in [2.45, 2.75) is 27.2 Å². The minimum absolute atomic E-state index is 0.160. The molecule has 0 saturated carbocycles. The van der Waals surface area contributed by atoms with Crippen molar-refractivity contribution in [2.24, 2.45) is 10.4 Å². The predicted octanol–water partition coefficient (Wildman–Crippen LogP) is 3.54. The molecule has 0 aromatic heterocycles. The van der Waals surface area contributed by atoms with Gasteiger partial charge in [-0.2, -0.15) is 0 Å². The number of dihydropyridines is 1. The molecule has 1 aromatic rings. The van der Waals surface area contributed by atoms with Crippen LogP contribution in [0.4, 0.5) is 5.69 Å². The molecule has 0 spiro atoms. The zero-order valence-electron chi connectivity index (χ0n) is 10.8. The summed E-state index contributed by atoms with van der Waals surface area (Å²) in [6.07, 6.45) is 3.16. The largest absolute Gasteiger partial charge is 0.399 e. The fourth-order valence-corrected chi connectivity index (χ4v) is 1.99. The van der Waals surface area contributed by atoms with E-state index in [2.05, 4.69) is 44.0 Å². The second kappa shape index (κ2) is 4.36. The van der Waals surface area contributed by atoms with Gasteiger partial charge in [0, 0.05) is 23.2 Å². The summed E-state index contributed by atoms with van der Waals surface area (Å²) in [7, 11) is 0. The Morgan fingerprint density at radius 3 is 2.35 bits per heavy atom. The summed E-state index contributed by atoms with van der Waals surface area (Å²) >= 11 is 0. The zero-order chi connectivity index (χ0) is 12.5. The van der Waals surface area contributed by atoms with Crippen LogP contribution in [-0.2, 0) is 0 Å². The standard InChI is InChI=1S/C15H20N2/c1-15(2,3)14-10-12(8-9-17-14)11-4-6-13(16)7-5-11/h4-8H,9-10,16H2,1-3H3. The highest BCUT2D eigenvalue weighted by Gasteiger charge is 2.22. The highest BCUT2D eigenvalue weighted by atomic mass is 14.8. The van der Waals surface area contributed by atoms with Gasteiger partial charge in [-0.3, -0.25) is 4.99 Å². The van der Waals surface area contributed by atoms with Crippen LogP contribution in [0, 0.1) is 5.41 Å². The third kappa shape index (κ3) is 2.76. The lowest BCUT2D eigenvalue weighted by molar-refractivity contribution is 0.580. The molecule has 0 amide bonds. The SMILES string of the molecule is CC(C)(C)C1=NCC=C(c2ccc(N)cc2)C1. The molecule has 0 saturated heterocycles. The van der Waals surface area contributed by atoms with Gasteiger partial charge in [-0.25, -0.2) is 0 Å². The van der Waals surface area contributed by atoms with Crippen LogP contribution >= 0.6 is 0 Å². The summed E-state index contributed by atoms with van der Waals surface area (Å²) in [5.74, 6) is 0. The molecule has 0 bridgehead atoms. The van der Waals surface area contributed by atoms with Crippen molar-refractivity contribution < 1.29 is 0 Å². The fourth-order valence-electron chi connectivity index (χ4n) is 1.99. The van der Waals surface area contributed by atoms with E-state index in [4.69, 9.17) is 5.73 Å². The van der Waals surface area contributed by atoms with Crippen molar-refractivity contribution in [3.05, 3.63) is 35.9 Å². The van der Waals surface area contributed by atoms with Gasteiger partial charge in [-0.05, 0) is 23.3 Å². The van der Waals surface area contributed by atoms with Crippen LogP contribution in [0.3, 0.4) is 0 Å². The van der Waals surface area contributed by atoms with Crippen molar-refractivity contribution >= 4 is 17.0 Å². The van der Waals surface area contributed by atoms with E-state index in [1.54, 1.807) is 0 Å². The van der Waals surface area contributed by atoms with Gasteiger partial charge in [-0.15, -0.1) is 0 Å². The van der Waals surface area contributed by atoms with E-state index in [9.17, 15) is 0 Å². The topological polar surface area (TPSA) is 38.4 Å². The van der Waals surface area contributed by atoms with Crippen LogP contribution in [0.5, 0.6) is 0 Å². The first kappa shape index (κ1) is 11.9. The maximum atomic E-state index is 5.71. The highest BCUT2D eigenvalue weighted by Crippen LogP contribution is 2.29. The van der Waals surface area contributed by atoms with Gasteiger partial charge in [0.2, 0.25) is 0 Å². The molecule has 1 aliphatic heterocycles. The molecule has 90 valence electrons. The minimum atomic E-state index is 0.160. The molecule has 1 aromatic carbocycles. The Bertz CT molecular complexity index is 459. The van der Waals surface area contributed by atoms with E-state index < -0.39 is 0 Å². The number of allylic oxidation sites excluding steroid dienone is 1. The van der Waals surface area contributed by atoms with Crippen molar-refractivity contribution in [1.82, 2.24) is 0 Å². The molecule has 0 unspecified atom stereocenters. The molecule has 1 aliphatic rings. The van der Waals surface area contributed by atoms with Gasteiger partial charge in [0.15, 0.2) is 0 Å². The van der Waals surface area contributed by atoms with E-state index in [0.717, 1.165) is 18.7 Å². The molecular formula is C15H20N2. The predicted molar refractivity (Wildman–Crippen MR) is 75.2 cm³/mol. The molecule has 2 nitrogen and oxygen atoms in total. The van der Waals surface area contributed by atoms with E-state index in [0.29, 0.717) is 0 Å². The second-order valence-corrected chi connectivity index (χ2v) is 5.57. The van der Waals surface area contributed by atoms with E-state index in [-0.39, 0.29) is 5.41 Å². The lowest BCUT2D eigenvalue weighted by Crippen LogP contribution is -2.22. The third-order valence-corrected chi connectivity index (χ3v) is 3.12. The number of hydrogen-bond acceptors (Lipinski definition) is 2. The van der Waals surface area contributed by atoms with E-state index in [1.807, 2.05) is 12.1 Å². The Kier molecular flexibility index (Phi) is 3.05. The summed E-state index contributed by atoms with van der Waals surface area (Å²) in [6, 6.07) is 8.09. The molecule has 0 atom stereocenters. The van der Waals surface area contributed by atoms with Gasteiger partial charge < -0.3 is 5.73 Å². The Hall–Kier alpha value is -1.57. The van der Waals surface area contributed by atoms with Gasteiger partial charge in [0.25, 0.3) is 0 Å². The van der Waals surface area contributed by atoms with Crippen LogP contribution in [0.2, 0.25) is 0 Å². The average Bonchev–Trinajstić information content (AvgIpc) is 2.29. The summed E-state index contributed by atoms with van der Waals surface area (Å²) < 4.78 is 0. The zero-order valence-corrected chi connectivity index (χ0v) is 10.8. The fraction of sp³-hybridized carbons (Fsp3) is 0.400. The molecule has 2 heteroatoms. The van der Waals surface area contributed by atoms with Crippen molar-refractivity contribution in [1.29, 1.82) is 0 Å². The van der Waals surface area contributed by atoms with Crippen molar-refractivity contribution in [3.8, 4) is 0 Å². The summed E-state index contributed by atoms with van der Waals surface area (Å²) in [6.45, 7) is 7.46. The maximum absolute atomic E-state index is 5.71. The van der Waals surface area contributed by atoms with Gasteiger partial charge in [0.05, 0.1) is 6.54 Å². The first-order valence-electron chi connectivity index (χ1n) is 6.05. The Morgan fingerprint density at radius 1 is 1.12 bits per heavy atom. The summed E-state index contributed by atoms with van der Waals surface area (Å²) in [5.41, 5.74) is 10.6. The van der Waals surface area contributed by atoms with Crippen molar-refractivity contribution in [3.63, 3.8) is 0 Å². The van der Waals surface area contributed by atoms with E-state index in [1.165, 1.54) is 16.8 Å². The van der Waals surface area contributed by atoms with Gasteiger partial charge >= 0.3 is 0 Å². The minimum Gasteiger partial charge on any atom is -0.399 e. The lowest BCUT2D eigenvalue weighted by Gasteiger charge is -2.25. The highest BCUT2D eigenvalue weighted by molar-refractivity contribution is 5.98. The average molecular weight is 228 g/mol. The number of anilines is 1. The quantitative estimate of drug-likeness (QED) is 0.733. The monoisotopic (exact) mass is 228 g/mol. The molecule has 17 heavy (non-hydrogen) atoms. The van der Waals surface area contributed by atoms with Crippen molar-refractivity contribution in [2.75, 3.05) is 12.3 Å². The van der Waals surface area contributed by atoms with E-state index >= 15 is 0 Å². The number of hydrogen-bond donors (Lipinski definition) is 1. The first-order valence-corrected chi connectivity index (χ1v) is 6.05. The Labute approximate surface area is 103 Å². The number of nitrogens with zero attached hydrogens (tertiary/aromatic N) is 1. The Balaban J connectivity index is 2.20. The van der Waals surface area contributed by atoms with Crippen LogP contribution in [0.1, 0.15) is 32.8 Å². The molecule has 2 N–H and O–H groups in total. The van der Waals surface area contributed by atoms with Crippen LogP contribution in [0.25, 0.3) is 5.57 Å². The maximum Gasteiger partial charge on any atom is 0.0576 e. The number of nitrogen functional groups attached to an aromatic ring is 1. The number of benzene rings is 1. The molecule has 1 heterocycles. The van der Waals surface area contributed by atoms with Crippen LogP contribution < -0.4 is 5.73 Å². The number of nitrogens with two attached hydrogens (primary N) is 1. The first-order chi connectivity index (χ1) is 7.97.